The smallest absolute Gasteiger partial charge is 0.236 e. The summed E-state index contributed by atoms with van der Waals surface area (Å²) >= 11 is 5.49. The molecule has 1 aromatic carbocycles. The van der Waals surface area contributed by atoms with Crippen LogP contribution in [0, 0.1) is 0 Å². The van der Waals surface area contributed by atoms with Gasteiger partial charge in [0.2, 0.25) is 0 Å². The van der Waals surface area contributed by atoms with E-state index in [0.29, 0.717) is 5.02 Å². The second-order valence-corrected chi connectivity index (χ2v) is 2.72. The van der Waals surface area contributed by atoms with Gasteiger partial charge in [-0.3, -0.25) is 0 Å². The predicted octanol–water partition coefficient (Wildman–Crippen LogP) is 3.62. The summed E-state index contributed by atoms with van der Waals surface area (Å²) in [5, 5.41) is 0.403. The Morgan fingerprint density at radius 3 is 1.92 bits per heavy atom. The van der Waals surface area contributed by atoms with Crippen molar-refractivity contribution in [2.24, 2.45) is 0 Å². The summed E-state index contributed by atoms with van der Waals surface area (Å²) in [6.45, 7) is 0. The molecule has 0 aliphatic rings. The van der Waals surface area contributed by atoms with E-state index < -0.39 is 12.6 Å². The maximum absolute atomic E-state index is 12.6. The molecule has 0 spiro atoms. The first kappa shape index (κ1) is 9.39. The number of alkyl halides is 3. The standard InChI is InChI=1S/C8H6ClF3/c9-6-3-1-5(2-4-6)7(10)8(11)12/h1-4,7-8H. The van der Waals surface area contributed by atoms with Gasteiger partial charge in [0, 0.05) is 5.02 Å². The molecule has 0 aliphatic heterocycles. The lowest BCUT2D eigenvalue weighted by atomic mass is 10.1. The molecule has 0 fully saturated rings. The number of rotatable bonds is 2. The van der Waals surface area contributed by atoms with Gasteiger partial charge in [-0.05, 0) is 17.7 Å². The van der Waals surface area contributed by atoms with Gasteiger partial charge in [-0.2, -0.15) is 0 Å². The summed E-state index contributed by atoms with van der Waals surface area (Å²) in [6, 6.07) is 5.26. The second kappa shape index (κ2) is 3.81. The third kappa shape index (κ3) is 2.14. The molecule has 1 atom stereocenters. The highest BCUT2D eigenvalue weighted by Gasteiger charge is 2.20. The Morgan fingerprint density at radius 2 is 1.50 bits per heavy atom. The van der Waals surface area contributed by atoms with Gasteiger partial charge in [-0.15, -0.1) is 0 Å². The van der Waals surface area contributed by atoms with Crippen molar-refractivity contribution in [3.8, 4) is 0 Å². The third-order valence-electron chi connectivity index (χ3n) is 1.41. The Labute approximate surface area is 73.0 Å². The topological polar surface area (TPSA) is 0 Å². The minimum absolute atomic E-state index is 0.0469. The van der Waals surface area contributed by atoms with Crippen molar-refractivity contribution >= 4 is 11.6 Å². The van der Waals surface area contributed by atoms with Crippen LogP contribution in [0.5, 0.6) is 0 Å². The van der Waals surface area contributed by atoms with Gasteiger partial charge in [-0.1, -0.05) is 23.7 Å². The molecule has 1 aromatic rings. The fraction of sp³-hybridized carbons (Fsp3) is 0.250. The van der Waals surface area contributed by atoms with Crippen molar-refractivity contribution in [3.63, 3.8) is 0 Å². The van der Waals surface area contributed by atoms with Crippen molar-refractivity contribution in [1.29, 1.82) is 0 Å². The van der Waals surface area contributed by atoms with Crippen molar-refractivity contribution < 1.29 is 13.2 Å². The Bertz CT molecular complexity index is 245. The molecule has 0 aromatic heterocycles. The van der Waals surface area contributed by atoms with Crippen molar-refractivity contribution in [1.82, 2.24) is 0 Å². The van der Waals surface area contributed by atoms with Crippen LogP contribution >= 0.6 is 11.6 Å². The van der Waals surface area contributed by atoms with Crippen molar-refractivity contribution in [3.05, 3.63) is 34.9 Å². The zero-order valence-corrected chi connectivity index (χ0v) is 6.73. The van der Waals surface area contributed by atoms with Crippen LogP contribution in [0.25, 0.3) is 0 Å². The summed E-state index contributed by atoms with van der Waals surface area (Å²) in [5.74, 6) is 0. The molecule has 0 saturated heterocycles. The van der Waals surface area contributed by atoms with Crippen LogP contribution in [-0.4, -0.2) is 6.43 Å². The fourth-order valence-corrected chi connectivity index (χ4v) is 0.918. The van der Waals surface area contributed by atoms with E-state index in [2.05, 4.69) is 0 Å². The molecule has 0 radical (unpaired) electrons. The Morgan fingerprint density at radius 1 is 1.00 bits per heavy atom. The maximum Gasteiger partial charge on any atom is 0.273 e. The zero-order chi connectivity index (χ0) is 9.14. The summed E-state index contributed by atoms with van der Waals surface area (Å²) in [5.41, 5.74) is -0.0469. The van der Waals surface area contributed by atoms with E-state index in [1.807, 2.05) is 0 Å². The minimum Gasteiger partial charge on any atom is -0.236 e. The van der Waals surface area contributed by atoms with Crippen LogP contribution in [0.1, 0.15) is 11.7 Å². The maximum atomic E-state index is 12.6. The van der Waals surface area contributed by atoms with Crippen molar-refractivity contribution in [2.45, 2.75) is 12.6 Å². The summed E-state index contributed by atoms with van der Waals surface area (Å²) < 4.78 is 36.2. The minimum atomic E-state index is -2.98. The molecule has 1 unspecified atom stereocenters. The van der Waals surface area contributed by atoms with Crippen molar-refractivity contribution in [2.75, 3.05) is 0 Å². The first-order valence-corrected chi connectivity index (χ1v) is 3.66. The Hall–Kier alpha value is -0.700. The summed E-state index contributed by atoms with van der Waals surface area (Å²) in [7, 11) is 0. The molecule has 0 bridgehead atoms. The molecule has 0 amide bonds. The van der Waals surface area contributed by atoms with E-state index in [4.69, 9.17) is 11.6 Å². The van der Waals surface area contributed by atoms with Gasteiger partial charge in [0.05, 0.1) is 0 Å². The summed E-state index contributed by atoms with van der Waals surface area (Å²) in [4.78, 5) is 0. The largest absolute Gasteiger partial charge is 0.273 e. The average molecular weight is 195 g/mol. The number of hydrogen-bond acceptors (Lipinski definition) is 0. The first-order chi connectivity index (χ1) is 5.61. The molecular weight excluding hydrogens is 189 g/mol. The van der Waals surface area contributed by atoms with E-state index in [9.17, 15) is 13.2 Å². The van der Waals surface area contributed by atoms with E-state index in [1.165, 1.54) is 24.3 Å². The average Bonchev–Trinajstić information content (AvgIpc) is 2.04. The van der Waals surface area contributed by atoms with E-state index in [0.717, 1.165) is 0 Å². The fourth-order valence-electron chi connectivity index (χ4n) is 0.792. The lowest BCUT2D eigenvalue weighted by Crippen LogP contribution is -2.02. The van der Waals surface area contributed by atoms with Crippen LogP contribution in [0.2, 0.25) is 5.02 Å². The molecule has 0 saturated carbocycles. The quantitative estimate of drug-likeness (QED) is 0.675. The van der Waals surface area contributed by atoms with Crippen LogP contribution < -0.4 is 0 Å². The highest BCUT2D eigenvalue weighted by atomic mass is 35.5. The molecular formula is C8H6ClF3. The van der Waals surface area contributed by atoms with Crippen LogP contribution in [-0.2, 0) is 0 Å². The molecule has 0 aliphatic carbocycles. The normalized spacial score (nSPS) is 13.4. The highest BCUT2D eigenvalue weighted by Crippen LogP contribution is 2.25. The molecule has 0 N–H and O–H groups in total. The lowest BCUT2D eigenvalue weighted by molar-refractivity contribution is 0.0496. The van der Waals surface area contributed by atoms with Gasteiger partial charge in [-0.25, -0.2) is 13.2 Å². The molecule has 0 nitrogen and oxygen atoms in total. The highest BCUT2D eigenvalue weighted by molar-refractivity contribution is 6.30. The Kier molecular flexibility index (Phi) is 2.98. The predicted molar refractivity (Wildman–Crippen MR) is 41.3 cm³/mol. The SMILES string of the molecule is FC(F)C(F)c1ccc(Cl)cc1. The van der Waals surface area contributed by atoms with Crippen LogP contribution in [0.3, 0.4) is 0 Å². The number of halogens is 4. The van der Waals surface area contributed by atoms with Gasteiger partial charge < -0.3 is 0 Å². The molecule has 4 heteroatoms. The summed E-state index contributed by atoms with van der Waals surface area (Å²) in [6.07, 6.45) is -5.20. The van der Waals surface area contributed by atoms with Gasteiger partial charge in [0.15, 0.2) is 6.17 Å². The van der Waals surface area contributed by atoms with E-state index in [-0.39, 0.29) is 5.56 Å². The Balaban J connectivity index is 2.82. The monoisotopic (exact) mass is 194 g/mol. The van der Waals surface area contributed by atoms with Gasteiger partial charge in [0.1, 0.15) is 0 Å². The molecule has 1 rings (SSSR count). The molecule has 66 valence electrons. The second-order valence-electron chi connectivity index (χ2n) is 2.29. The van der Waals surface area contributed by atoms with Gasteiger partial charge in [0.25, 0.3) is 6.43 Å². The number of hydrogen-bond donors (Lipinski definition) is 0. The lowest BCUT2D eigenvalue weighted by Gasteiger charge is -2.06. The number of benzene rings is 1. The first-order valence-electron chi connectivity index (χ1n) is 3.29. The van der Waals surface area contributed by atoms with Crippen LogP contribution in [0.4, 0.5) is 13.2 Å². The van der Waals surface area contributed by atoms with Gasteiger partial charge >= 0.3 is 0 Å². The van der Waals surface area contributed by atoms with E-state index in [1.54, 1.807) is 0 Å². The molecule has 0 heterocycles. The zero-order valence-electron chi connectivity index (χ0n) is 5.98. The molecule has 12 heavy (non-hydrogen) atoms. The third-order valence-corrected chi connectivity index (χ3v) is 1.66. The van der Waals surface area contributed by atoms with E-state index >= 15 is 0 Å². The van der Waals surface area contributed by atoms with Crippen LogP contribution in [0.15, 0.2) is 24.3 Å².